The minimum atomic E-state index is 0.317. The Hall–Kier alpha value is -1.32. The number of fused-ring (bicyclic) bond motifs is 1. The molecule has 2 heterocycles. The summed E-state index contributed by atoms with van der Waals surface area (Å²) in [7, 11) is 0. The first-order valence-corrected chi connectivity index (χ1v) is 4.67. The van der Waals surface area contributed by atoms with Crippen molar-refractivity contribution in [1.29, 1.82) is 0 Å². The van der Waals surface area contributed by atoms with E-state index in [9.17, 15) is 0 Å². The van der Waals surface area contributed by atoms with Crippen molar-refractivity contribution in [2.75, 3.05) is 16.8 Å². The zero-order valence-corrected chi connectivity index (χ0v) is 7.99. The van der Waals surface area contributed by atoms with Crippen molar-refractivity contribution >= 4 is 11.6 Å². The van der Waals surface area contributed by atoms with E-state index in [0.29, 0.717) is 6.17 Å². The smallest absolute Gasteiger partial charge is 0.173 e. The molecule has 0 aliphatic carbocycles. The molecule has 1 atom stereocenters. The number of rotatable bonds is 2. The van der Waals surface area contributed by atoms with Gasteiger partial charge in [-0.2, -0.15) is 0 Å². The number of hydrogen-bond donors (Lipinski definition) is 1. The topological polar surface area (TPSA) is 41.1 Å². The lowest BCUT2D eigenvalue weighted by atomic mass is 10.4. The van der Waals surface area contributed by atoms with Gasteiger partial charge in [-0.15, -0.1) is 0 Å². The molecule has 1 N–H and O–H groups in total. The fraction of sp³-hybridized carbons (Fsp3) is 0.556. The van der Waals surface area contributed by atoms with E-state index in [1.165, 1.54) is 0 Å². The zero-order chi connectivity index (χ0) is 9.26. The van der Waals surface area contributed by atoms with Crippen LogP contribution in [0.15, 0.2) is 12.4 Å². The van der Waals surface area contributed by atoms with E-state index < -0.39 is 0 Å². The van der Waals surface area contributed by atoms with Crippen molar-refractivity contribution in [3.05, 3.63) is 12.4 Å². The summed E-state index contributed by atoms with van der Waals surface area (Å²) < 4.78 is 0. The molecular formula is C9H14N4. The van der Waals surface area contributed by atoms with Crippen LogP contribution in [0.1, 0.15) is 20.3 Å². The van der Waals surface area contributed by atoms with Crippen LogP contribution in [0.25, 0.3) is 0 Å². The second kappa shape index (κ2) is 3.20. The first-order valence-electron chi connectivity index (χ1n) is 4.67. The highest BCUT2D eigenvalue weighted by Gasteiger charge is 2.26. The molecule has 0 radical (unpaired) electrons. The van der Waals surface area contributed by atoms with Crippen LogP contribution in [-0.4, -0.2) is 22.7 Å². The molecule has 0 spiro atoms. The molecule has 0 amide bonds. The van der Waals surface area contributed by atoms with E-state index in [2.05, 4.69) is 34.0 Å². The van der Waals surface area contributed by atoms with Crippen LogP contribution in [0.3, 0.4) is 0 Å². The Kier molecular flexibility index (Phi) is 2.04. The van der Waals surface area contributed by atoms with Crippen LogP contribution in [-0.2, 0) is 0 Å². The SMILES string of the molecule is CCCN1c2nccnc2NC1C. The summed E-state index contributed by atoms with van der Waals surface area (Å²) in [4.78, 5) is 10.8. The van der Waals surface area contributed by atoms with Gasteiger partial charge in [-0.1, -0.05) is 6.92 Å². The number of hydrogen-bond acceptors (Lipinski definition) is 4. The first-order chi connectivity index (χ1) is 6.33. The lowest BCUT2D eigenvalue weighted by Crippen LogP contribution is -2.33. The summed E-state index contributed by atoms with van der Waals surface area (Å²) in [6.45, 7) is 5.32. The van der Waals surface area contributed by atoms with Crippen molar-refractivity contribution in [1.82, 2.24) is 9.97 Å². The number of nitrogens with zero attached hydrogens (tertiary/aromatic N) is 3. The highest BCUT2D eigenvalue weighted by molar-refractivity contribution is 5.67. The fourth-order valence-corrected chi connectivity index (χ4v) is 1.64. The van der Waals surface area contributed by atoms with Gasteiger partial charge >= 0.3 is 0 Å². The second-order valence-corrected chi connectivity index (χ2v) is 3.24. The number of aromatic nitrogens is 2. The first kappa shape index (κ1) is 8.29. The lowest BCUT2D eigenvalue weighted by Gasteiger charge is -2.21. The Balaban J connectivity index is 2.29. The molecular weight excluding hydrogens is 164 g/mol. The van der Waals surface area contributed by atoms with Gasteiger partial charge in [0.25, 0.3) is 0 Å². The lowest BCUT2D eigenvalue weighted by molar-refractivity contribution is 0.701. The standard InChI is InChI=1S/C9H14N4/c1-3-6-13-7(2)12-8-9(13)11-5-4-10-8/h4-5,7H,3,6H2,1-2H3,(H,10,12). The molecule has 0 fully saturated rings. The van der Waals surface area contributed by atoms with Crippen LogP contribution in [0.5, 0.6) is 0 Å². The third-order valence-corrected chi connectivity index (χ3v) is 2.23. The van der Waals surface area contributed by atoms with Crippen molar-refractivity contribution in [3.8, 4) is 0 Å². The molecule has 1 aliphatic heterocycles. The average Bonchev–Trinajstić information content (AvgIpc) is 2.44. The molecule has 0 saturated carbocycles. The van der Waals surface area contributed by atoms with Gasteiger partial charge in [0.2, 0.25) is 0 Å². The van der Waals surface area contributed by atoms with Crippen molar-refractivity contribution in [2.45, 2.75) is 26.4 Å². The van der Waals surface area contributed by atoms with Gasteiger partial charge in [0.05, 0.1) is 6.17 Å². The maximum Gasteiger partial charge on any atom is 0.173 e. The van der Waals surface area contributed by atoms with Crippen LogP contribution in [0, 0.1) is 0 Å². The van der Waals surface area contributed by atoms with Crippen LogP contribution >= 0.6 is 0 Å². The second-order valence-electron chi connectivity index (χ2n) is 3.24. The van der Waals surface area contributed by atoms with E-state index in [1.807, 2.05) is 0 Å². The van der Waals surface area contributed by atoms with Gasteiger partial charge < -0.3 is 10.2 Å². The van der Waals surface area contributed by atoms with Crippen molar-refractivity contribution in [3.63, 3.8) is 0 Å². The van der Waals surface area contributed by atoms with Crippen LogP contribution in [0.4, 0.5) is 11.6 Å². The summed E-state index contributed by atoms with van der Waals surface area (Å²) in [5, 5.41) is 3.28. The zero-order valence-electron chi connectivity index (χ0n) is 7.99. The molecule has 0 saturated heterocycles. The summed E-state index contributed by atoms with van der Waals surface area (Å²) in [6, 6.07) is 0. The summed E-state index contributed by atoms with van der Waals surface area (Å²) >= 11 is 0. The third kappa shape index (κ3) is 1.32. The predicted molar refractivity (Wildman–Crippen MR) is 52.8 cm³/mol. The Morgan fingerprint density at radius 3 is 3.00 bits per heavy atom. The van der Waals surface area contributed by atoms with Gasteiger partial charge in [-0.05, 0) is 13.3 Å². The van der Waals surface area contributed by atoms with E-state index in [-0.39, 0.29) is 0 Å². The summed E-state index contributed by atoms with van der Waals surface area (Å²) in [5.74, 6) is 1.89. The largest absolute Gasteiger partial charge is 0.347 e. The van der Waals surface area contributed by atoms with Gasteiger partial charge in [-0.3, -0.25) is 0 Å². The minimum Gasteiger partial charge on any atom is -0.347 e. The summed E-state index contributed by atoms with van der Waals surface area (Å²) in [5.41, 5.74) is 0. The Labute approximate surface area is 78.0 Å². The molecule has 1 aromatic heterocycles. The molecule has 1 aliphatic rings. The van der Waals surface area contributed by atoms with Gasteiger partial charge in [-0.25, -0.2) is 9.97 Å². The fourth-order valence-electron chi connectivity index (χ4n) is 1.64. The van der Waals surface area contributed by atoms with Crippen molar-refractivity contribution in [2.24, 2.45) is 0 Å². The quantitative estimate of drug-likeness (QED) is 0.744. The molecule has 0 bridgehead atoms. The highest BCUT2D eigenvalue weighted by Crippen LogP contribution is 2.29. The maximum absolute atomic E-state index is 4.31. The van der Waals surface area contributed by atoms with Gasteiger partial charge in [0, 0.05) is 18.9 Å². The molecule has 4 heteroatoms. The van der Waals surface area contributed by atoms with E-state index in [0.717, 1.165) is 24.6 Å². The normalized spacial score (nSPS) is 19.8. The van der Waals surface area contributed by atoms with Gasteiger partial charge in [0.15, 0.2) is 11.6 Å². The highest BCUT2D eigenvalue weighted by atomic mass is 15.4. The number of anilines is 2. The Morgan fingerprint density at radius 1 is 1.46 bits per heavy atom. The molecule has 13 heavy (non-hydrogen) atoms. The predicted octanol–water partition coefficient (Wildman–Crippen LogP) is 1.46. The van der Waals surface area contributed by atoms with Crippen LogP contribution in [0.2, 0.25) is 0 Å². The van der Waals surface area contributed by atoms with Crippen molar-refractivity contribution < 1.29 is 0 Å². The van der Waals surface area contributed by atoms with E-state index >= 15 is 0 Å². The van der Waals surface area contributed by atoms with Crippen LogP contribution < -0.4 is 10.2 Å². The molecule has 1 unspecified atom stereocenters. The molecule has 70 valence electrons. The summed E-state index contributed by atoms with van der Waals surface area (Å²) in [6.07, 6.45) is 4.90. The molecule has 4 nitrogen and oxygen atoms in total. The molecule has 0 aromatic carbocycles. The number of nitrogens with one attached hydrogen (secondary N) is 1. The van der Waals surface area contributed by atoms with E-state index in [4.69, 9.17) is 0 Å². The average molecular weight is 178 g/mol. The Morgan fingerprint density at radius 2 is 2.23 bits per heavy atom. The monoisotopic (exact) mass is 178 g/mol. The molecule has 2 rings (SSSR count). The van der Waals surface area contributed by atoms with Gasteiger partial charge in [0.1, 0.15) is 0 Å². The van der Waals surface area contributed by atoms with E-state index in [1.54, 1.807) is 12.4 Å². The third-order valence-electron chi connectivity index (χ3n) is 2.23. The molecule has 1 aromatic rings. The Bertz CT molecular complexity index is 299. The minimum absolute atomic E-state index is 0.317. The maximum atomic E-state index is 4.31.